The van der Waals surface area contributed by atoms with Crippen LogP contribution in [0.4, 0.5) is 5.69 Å². The minimum atomic E-state index is -3.87. The molecule has 1 atom stereocenters. The summed E-state index contributed by atoms with van der Waals surface area (Å²) in [4.78, 5) is 12.7. The Morgan fingerprint density at radius 3 is 2.69 bits per heavy atom. The molecular formula is C17H20ClN3O4S. The Morgan fingerprint density at radius 2 is 2.08 bits per heavy atom. The summed E-state index contributed by atoms with van der Waals surface area (Å²) >= 11 is 6.09. The van der Waals surface area contributed by atoms with Crippen molar-refractivity contribution in [3.05, 3.63) is 40.2 Å². The molecule has 0 unspecified atom stereocenters. The molecule has 0 spiro atoms. The van der Waals surface area contributed by atoms with E-state index in [1.165, 1.54) is 4.31 Å². The Balaban J connectivity index is 1.85. The van der Waals surface area contributed by atoms with E-state index in [2.05, 4.69) is 10.5 Å². The van der Waals surface area contributed by atoms with Crippen molar-refractivity contribution >= 4 is 33.2 Å². The summed E-state index contributed by atoms with van der Waals surface area (Å²) in [6, 6.07) is 4.40. The fraction of sp³-hybridized carbons (Fsp3) is 0.412. The molecule has 0 radical (unpaired) electrons. The lowest BCUT2D eigenvalue weighted by Gasteiger charge is -2.23. The number of amides is 1. The van der Waals surface area contributed by atoms with Crippen LogP contribution in [0.1, 0.15) is 29.9 Å². The Morgan fingerprint density at radius 1 is 1.35 bits per heavy atom. The van der Waals surface area contributed by atoms with Crippen LogP contribution in [0.3, 0.4) is 0 Å². The number of hydrogen-bond donors (Lipinski definition) is 1. The van der Waals surface area contributed by atoms with E-state index in [1.807, 2.05) is 6.92 Å². The fourth-order valence-electron chi connectivity index (χ4n) is 3.15. The van der Waals surface area contributed by atoms with Gasteiger partial charge in [-0.2, -0.15) is 4.31 Å². The SMILES string of the molecule is Cc1ccc(NC(=O)[C@@H]2CCCN2S(=O)(=O)c2c(C)noc2C)cc1Cl. The van der Waals surface area contributed by atoms with Gasteiger partial charge in [0.05, 0.1) is 0 Å². The number of benzene rings is 1. The normalized spacial score (nSPS) is 18.2. The monoisotopic (exact) mass is 397 g/mol. The van der Waals surface area contributed by atoms with E-state index in [0.717, 1.165) is 5.56 Å². The van der Waals surface area contributed by atoms with Crippen molar-refractivity contribution in [1.82, 2.24) is 9.46 Å². The molecule has 1 saturated heterocycles. The van der Waals surface area contributed by atoms with Crippen LogP contribution in [0.15, 0.2) is 27.6 Å². The molecule has 2 aromatic rings. The topological polar surface area (TPSA) is 92.5 Å². The Hall–Kier alpha value is -1.90. The predicted molar refractivity (Wildman–Crippen MR) is 97.7 cm³/mol. The maximum atomic E-state index is 13.0. The van der Waals surface area contributed by atoms with E-state index in [-0.39, 0.29) is 23.1 Å². The minimum Gasteiger partial charge on any atom is -0.360 e. The molecule has 1 fully saturated rings. The molecule has 9 heteroatoms. The molecule has 0 bridgehead atoms. The molecule has 1 N–H and O–H groups in total. The summed E-state index contributed by atoms with van der Waals surface area (Å²) in [5.41, 5.74) is 1.72. The summed E-state index contributed by atoms with van der Waals surface area (Å²) in [5.74, 6) is -0.156. The number of aryl methyl sites for hydroxylation is 3. The van der Waals surface area contributed by atoms with Gasteiger partial charge in [0.2, 0.25) is 15.9 Å². The van der Waals surface area contributed by atoms with Gasteiger partial charge in [0, 0.05) is 17.3 Å². The zero-order valence-corrected chi connectivity index (χ0v) is 16.3. The lowest BCUT2D eigenvalue weighted by Crippen LogP contribution is -2.43. The van der Waals surface area contributed by atoms with Crippen LogP contribution in [-0.4, -0.2) is 36.4 Å². The highest BCUT2D eigenvalue weighted by Gasteiger charge is 2.41. The van der Waals surface area contributed by atoms with Crippen molar-refractivity contribution in [3.63, 3.8) is 0 Å². The second-order valence-electron chi connectivity index (χ2n) is 6.38. The largest absolute Gasteiger partial charge is 0.360 e. The van der Waals surface area contributed by atoms with Gasteiger partial charge < -0.3 is 9.84 Å². The summed E-state index contributed by atoms with van der Waals surface area (Å²) in [6.07, 6.45) is 1.06. The quantitative estimate of drug-likeness (QED) is 0.855. The second-order valence-corrected chi connectivity index (χ2v) is 8.61. The first-order valence-electron chi connectivity index (χ1n) is 8.23. The molecule has 3 rings (SSSR count). The Kier molecular flexibility index (Phi) is 5.09. The van der Waals surface area contributed by atoms with Crippen molar-refractivity contribution in [2.75, 3.05) is 11.9 Å². The number of carbonyl (C=O) groups excluding carboxylic acids is 1. The molecule has 2 heterocycles. The van der Waals surface area contributed by atoms with E-state index >= 15 is 0 Å². The van der Waals surface area contributed by atoms with Gasteiger partial charge >= 0.3 is 0 Å². The fourth-order valence-corrected chi connectivity index (χ4v) is 5.28. The molecule has 140 valence electrons. The highest BCUT2D eigenvalue weighted by molar-refractivity contribution is 7.89. The van der Waals surface area contributed by atoms with E-state index in [0.29, 0.717) is 29.2 Å². The standard InChI is InChI=1S/C17H20ClN3O4S/c1-10-6-7-13(9-14(10)18)19-17(22)15-5-4-8-21(15)26(23,24)16-11(2)20-25-12(16)3/h6-7,9,15H,4-5,8H2,1-3H3,(H,19,22)/t15-/m0/s1. The van der Waals surface area contributed by atoms with Crippen molar-refractivity contribution in [1.29, 1.82) is 0 Å². The number of aromatic nitrogens is 1. The number of anilines is 1. The molecule has 1 aliphatic heterocycles. The first-order chi connectivity index (χ1) is 12.2. The van der Waals surface area contributed by atoms with Crippen LogP contribution in [0, 0.1) is 20.8 Å². The van der Waals surface area contributed by atoms with Gasteiger partial charge in [-0.3, -0.25) is 4.79 Å². The van der Waals surface area contributed by atoms with Gasteiger partial charge in [-0.1, -0.05) is 22.8 Å². The molecular weight excluding hydrogens is 378 g/mol. The number of nitrogens with one attached hydrogen (secondary N) is 1. The average molecular weight is 398 g/mol. The zero-order valence-electron chi connectivity index (χ0n) is 14.7. The molecule has 0 aliphatic carbocycles. The van der Waals surface area contributed by atoms with Crippen molar-refractivity contribution in [3.8, 4) is 0 Å². The first-order valence-corrected chi connectivity index (χ1v) is 10.1. The van der Waals surface area contributed by atoms with Gasteiger partial charge in [0.15, 0.2) is 5.76 Å². The second kappa shape index (κ2) is 7.02. The van der Waals surface area contributed by atoms with Crippen LogP contribution in [0.2, 0.25) is 5.02 Å². The van der Waals surface area contributed by atoms with Crippen LogP contribution < -0.4 is 5.32 Å². The first kappa shape index (κ1) is 18.9. The lowest BCUT2D eigenvalue weighted by atomic mass is 10.2. The summed E-state index contributed by atoms with van der Waals surface area (Å²) in [7, 11) is -3.87. The van der Waals surface area contributed by atoms with Gasteiger partial charge in [0.25, 0.3) is 0 Å². The number of sulfonamides is 1. The number of nitrogens with zero attached hydrogens (tertiary/aromatic N) is 2. The van der Waals surface area contributed by atoms with E-state index in [9.17, 15) is 13.2 Å². The molecule has 0 saturated carbocycles. The molecule has 7 nitrogen and oxygen atoms in total. The number of rotatable bonds is 4. The van der Waals surface area contributed by atoms with E-state index in [1.54, 1.807) is 32.0 Å². The molecule has 1 aromatic heterocycles. The smallest absolute Gasteiger partial charge is 0.249 e. The highest BCUT2D eigenvalue weighted by atomic mass is 35.5. The third-order valence-corrected chi connectivity index (χ3v) is 7.04. The summed E-state index contributed by atoms with van der Waals surface area (Å²) in [6.45, 7) is 5.26. The lowest BCUT2D eigenvalue weighted by molar-refractivity contribution is -0.119. The van der Waals surface area contributed by atoms with Crippen LogP contribution in [0.25, 0.3) is 0 Å². The number of hydrogen-bond acceptors (Lipinski definition) is 5. The van der Waals surface area contributed by atoms with Gasteiger partial charge in [-0.05, 0) is 51.3 Å². The van der Waals surface area contributed by atoms with Crippen LogP contribution in [-0.2, 0) is 14.8 Å². The highest BCUT2D eigenvalue weighted by Crippen LogP contribution is 2.30. The maximum absolute atomic E-state index is 13.0. The zero-order chi connectivity index (χ0) is 19.1. The van der Waals surface area contributed by atoms with Gasteiger partial charge in [-0.15, -0.1) is 0 Å². The summed E-state index contributed by atoms with van der Waals surface area (Å²) in [5, 5.41) is 7.01. The average Bonchev–Trinajstić information content (AvgIpc) is 3.18. The van der Waals surface area contributed by atoms with E-state index in [4.69, 9.17) is 16.1 Å². The third-order valence-electron chi connectivity index (χ3n) is 4.48. The minimum absolute atomic E-state index is 0.0376. The van der Waals surface area contributed by atoms with Crippen molar-refractivity contribution in [2.24, 2.45) is 0 Å². The van der Waals surface area contributed by atoms with Crippen molar-refractivity contribution in [2.45, 2.75) is 44.6 Å². The van der Waals surface area contributed by atoms with Gasteiger partial charge in [-0.25, -0.2) is 8.42 Å². The van der Waals surface area contributed by atoms with Crippen LogP contribution in [0.5, 0.6) is 0 Å². The van der Waals surface area contributed by atoms with Gasteiger partial charge in [0.1, 0.15) is 16.6 Å². The Bertz CT molecular complexity index is 935. The predicted octanol–water partition coefficient (Wildman–Crippen LogP) is 3.05. The molecule has 1 aliphatic rings. The molecule has 1 aromatic carbocycles. The third kappa shape index (κ3) is 3.36. The summed E-state index contributed by atoms with van der Waals surface area (Å²) < 4.78 is 32.3. The molecule has 26 heavy (non-hydrogen) atoms. The van der Waals surface area contributed by atoms with Crippen molar-refractivity contribution < 1.29 is 17.7 Å². The number of carbonyl (C=O) groups is 1. The maximum Gasteiger partial charge on any atom is 0.249 e. The molecule has 1 amide bonds. The van der Waals surface area contributed by atoms with Crippen LogP contribution >= 0.6 is 11.6 Å². The van der Waals surface area contributed by atoms with E-state index < -0.39 is 16.1 Å². The Labute approximate surface area is 157 Å². The number of halogens is 1.